The van der Waals surface area contributed by atoms with Crippen molar-refractivity contribution in [2.75, 3.05) is 19.7 Å². The molecule has 0 saturated carbocycles. The van der Waals surface area contributed by atoms with Crippen LogP contribution in [0.25, 0.3) is 0 Å². The van der Waals surface area contributed by atoms with Gasteiger partial charge in [0.1, 0.15) is 5.75 Å². The van der Waals surface area contributed by atoms with Crippen LogP contribution >= 0.6 is 0 Å². The van der Waals surface area contributed by atoms with E-state index in [1.165, 1.54) is 11.1 Å². The number of carbonyl (C=O) groups is 2. The number of aryl methyl sites for hydroxylation is 1. The molecule has 1 heterocycles. The first kappa shape index (κ1) is 18.1. The number of nitrogens with one attached hydrogen (secondary N) is 1. The molecular weight excluding hydrogens is 306 g/mol. The molecule has 0 atom stereocenters. The van der Waals surface area contributed by atoms with Crippen molar-refractivity contribution in [3.8, 4) is 5.75 Å². The molecule has 3 amide bonds. The minimum Gasteiger partial charge on any atom is -0.484 e. The van der Waals surface area contributed by atoms with Crippen LogP contribution in [0, 0.1) is 6.92 Å². The molecule has 3 N–H and O–H groups in total. The first-order chi connectivity index (χ1) is 11.4. The topological polar surface area (TPSA) is 84.7 Å². The third kappa shape index (κ3) is 4.88. The lowest BCUT2D eigenvalue weighted by Crippen LogP contribution is -2.48. The summed E-state index contributed by atoms with van der Waals surface area (Å²) in [5.74, 6) is 1.03. The third-order valence-electron chi connectivity index (χ3n) is 4.40. The van der Waals surface area contributed by atoms with E-state index in [0.29, 0.717) is 24.8 Å². The minimum atomic E-state index is -0.400. The minimum absolute atomic E-state index is 0.00347. The molecule has 2 rings (SSSR count). The number of rotatable bonds is 5. The number of amides is 3. The summed E-state index contributed by atoms with van der Waals surface area (Å²) >= 11 is 0. The van der Waals surface area contributed by atoms with E-state index in [9.17, 15) is 9.59 Å². The van der Waals surface area contributed by atoms with Crippen LogP contribution in [0.2, 0.25) is 0 Å². The van der Waals surface area contributed by atoms with Crippen LogP contribution in [-0.2, 0) is 4.79 Å². The average Bonchev–Trinajstić information content (AvgIpc) is 2.53. The number of primary amides is 1. The Morgan fingerprint density at radius 3 is 2.54 bits per heavy atom. The number of ether oxygens (including phenoxy) is 1. The maximum Gasteiger partial charge on any atom is 0.314 e. The molecule has 0 aromatic heterocycles. The van der Waals surface area contributed by atoms with Crippen LogP contribution in [0.3, 0.4) is 0 Å². The number of benzene rings is 1. The standard InChI is InChI=1S/C18H27N3O3/c1-12(2)16-5-4-15(10-13(16)3)24-11-17(22)20-14-6-8-21(9-7-14)18(19)23/h4-5,10,12,14H,6-9,11H2,1-3H3,(H2,19,23)(H,20,22). The van der Waals surface area contributed by atoms with Gasteiger partial charge in [0.15, 0.2) is 6.61 Å². The number of likely N-dealkylation sites (tertiary alicyclic amines) is 1. The van der Waals surface area contributed by atoms with Gasteiger partial charge in [-0.15, -0.1) is 0 Å². The third-order valence-corrected chi connectivity index (χ3v) is 4.40. The van der Waals surface area contributed by atoms with Crippen LogP contribution in [0.5, 0.6) is 5.75 Å². The van der Waals surface area contributed by atoms with Crippen LogP contribution in [0.1, 0.15) is 43.7 Å². The van der Waals surface area contributed by atoms with Crippen molar-refractivity contribution in [2.24, 2.45) is 5.73 Å². The number of hydrogen-bond donors (Lipinski definition) is 2. The Morgan fingerprint density at radius 2 is 2.00 bits per heavy atom. The lowest BCUT2D eigenvalue weighted by molar-refractivity contribution is -0.124. The van der Waals surface area contributed by atoms with Crippen LogP contribution < -0.4 is 15.8 Å². The molecule has 1 aliphatic rings. The summed E-state index contributed by atoms with van der Waals surface area (Å²) < 4.78 is 5.59. The quantitative estimate of drug-likeness (QED) is 0.866. The largest absolute Gasteiger partial charge is 0.484 e. The highest BCUT2D eigenvalue weighted by molar-refractivity contribution is 5.78. The summed E-state index contributed by atoms with van der Waals surface area (Å²) in [5, 5.41) is 2.95. The van der Waals surface area contributed by atoms with E-state index >= 15 is 0 Å². The zero-order valence-electron chi connectivity index (χ0n) is 14.7. The zero-order chi connectivity index (χ0) is 17.7. The summed E-state index contributed by atoms with van der Waals surface area (Å²) in [7, 11) is 0. The summed E-state index contributed by atoms with van der Waals surface area (Å²) in [6, 6.07) is 5.59. The van der Waals surface area contributed by atoms with Crippen molar-refractivity contribution in [3.63, 3.8) is 0 Å². The van der Waals surface area contributed by atoms with E-state index in [-0.39, 0.29) is 18.6 Å². The van der Waals surface area contributed by atoms with E-state index in [1.807, 2.05) is 18.2 Å². The predicted octanol–water partition coefficient (Wildman–Crippen LogP) is 2.16. The van der Waals surface area contributed by atoms with Crippen molar-refractivity contribution < 1.29 is 14.3 Å². The van der Waals surface area contributed by atoms with Gasteiger partial charge in [0.2, 0.25) is 0 Å². The Labute approximate surface area is 143 Å². The Balaban J connectivity index is 1.77. The van der Waals surface area contributed by atoms with Gasteiger partial charge in [-0.1, -0.05) is 19.9 Å². The second-order valence-corrected chi connectivity index (χ2v) is 6.63. The SMILES string of the molecule is Cc1cc(OCC(=O)NC2CCN(C(N)=O)CC2)ccc1C(C)C. The second-order valence-electron chi connectivity index (χ2n) is 6.63. The molecule has 24 heavy (non-hydrogen) atoms. The van der Waals surface area contributed by atoms with Gasteiger partial charge in [-0.3, -0.25) is 4.79 Å². The highest BCUT2D eigenvalue weighted by Crippen LogP contribution is 2.23. The molecular formula is C18H27N3O3. The van der Waals surface area contributed by atoms with Crippen molar-refractivity contribution in [1.82, 2.24) is 10.2 Å². The van der Waals surface area contributed by atoms with Gasteiger partial charge in [-0.05, 0) is 48.9 Å². The highest BCUT2D eigenvalue weighted by Gasteiger charge is 2.22. The maximum absolute atomic E-state index is 12.0. The van der Waals surface area contributed by atoms with Crippen LogP contribution in [0.15, 0.2) is 18.2 Å². The number of urea groups is 1. The molecule has 1 saturated heterocycles. The molecule has 1 fully saturated rings. The summed E-state index contributed by atoms with van der Waals surface area (Å²) in [6.07, 6.45) is 1.44. The Bertz CT molecular complexity index is 593. The zero-order valence-corrected chi connectivity index (χ0v) is 14.7. The van der Waals surface area contributed by atoms with Crippen LogP contribution in [-0.4, -0.2) is 42.6 Å². The van der Waals surface area contributed by atoms with Gasteiger partial charge in [0, 0.05) is 19.1 Å². The number of hydrogen-bond acceptors (Lipinski definition) is 3. The van der Waals surface area contributed by atoms with Gasteiger partial charge < -0.3 is 20.7 Å². The molecule has 0 aliphatic carbocycles. The maximum atomic E-state index is 12.0. The number of carbonyl (C=O) groups excluding carboxylic acids is 2. The fourth-order valence-corrected chi connectivity index (χ4v) is 3.05. The Morgan fingerprint density at radius 1 is 1.33 bits per heavy atom. The molecule has 0 spiro atoms. The molecule has 132 valence electrons. The molecule has 1 aromatic rings. The van der Waals surface area contributed by atoms with Crippen molar-refractivity contribution in [3.05, 3.63) is 29.3 Å². The monoisotopic (exact) mass is 333 g/mol. The first-order valence-electron chi connectivity index (χ1n) is 8.44. The van der Waals surface area contributed by atoms with E-state index < -0.39 is 6.03 Å². The molecule has 6 nitrogen and oxygen atoms in total. The summed E-state index contributed by atoms with van der Waals surface area (Å²) in [4.78, 5) is 24.7. The Hall–Kier alpha value is -2.24. The molecule has 0 radical (unpaired) electrons. The van der Waals surface area contributed by atoms with Crippen molar-refractivity contribution in [1.29, 1.82) is 0 Å². The first-order valence-corrected chi connectivity index (χ1v) is 8.44. The van der Waals surface area contributed by atoms with Gasteiger partial charge in [-0.25, -0.2) is 4.79 Å². The van der Waals surface area contributed by atoms with Gasteiger partial charge in [0.05, 0.1) is 0 Å². The fourth-order valence-electron chi connectivity index (χ4n) is 3.05. The normalized spacial score (nSPS) is 15.4. The number of nitrogens with two attached hydrogens (primary N) is 1. The lowest BCUT2D eigenvalue weighted by Gasteiger charge is -2.31. The smallest absolute Gasteiger partial charge is 0.314 e. The van der Waals surface area contributed by atoms with E-state index in [0.717, 1.165) is 12.8 Å². The van der Waals surface area contributed by atoms with Gasteiger partial charge >= 0.3 is 6.03 Å². The average molecular weight is 333 g/mol. The highest BCUT2D eigenvalue weighted by atomic mass is 16.5. The van der Waals surface area contributed by atoms with Crippen molar-refractivity contribution >= 4 is 11.9 Å². The van der Waals surface area contributed by atoms with Crippen LogP contribution in [0.4, 0.5) is 4.79 Å². The van der Waals surface area contributed by atoms with Gasteiger partial charge in [-0.2, -0.15) is 0 Å². The summed E-state index contributed by atoms with van der Waals surface area (Å²) in [6.45, 7) is 7.51. The van der Waals surface area contributed by atoms with Crippen molar-refractivity contribution in [2.45, 2.75) is 45.6 Å². The van der Waals surface area contributed by atoms with Gasteiger partial charge in [0.25, 0.3) is 5.91 Å². The molecule has 1 aliphatic heterocycles. The number of nitrogens with zero attached hydrogens (tertiary/aromatic N) is 1. The predicted molar refractivity (Wildman–Crippen MR) is 93.1 cm³/mol. The molecule has 0 bridgehead atoms. The van der Waals surface area contributed by atoms with E-state index in [1.54, 1.807) is 4.90 Å². The molecule has 6 heteroatoms. The summed E-state index contributed by atoms with van der Waals surface area (Å²) in [5.41, 5.74) is 7.70. The number of piperidine rings is 1. The fraction of sp³-hybridized carbons (Fsp3) is 0.556. The Kier molecular flexibility index (Phi) is 6.06. The van der Waals surface area contributed by atoms with E-state index in [4.69, 9.17) is 10.5 Å². The van der Waals surface area contributed by atoms with E-state index in [2.05, 4.69) is 26.1 Å². The second kappa shape index (κ2) is 8.04. The lowest BCUT2D eigenvalue weighted by atomic mass is 9.98. The molecule has 0 unspecified atom stereocenters. The molecule has 1 aromatic carbocycles.